The van der Waals surface area contributed by atoms with Crippen LogP contribution in [0, 0.1) is 12.8 Å². The fourth-order valence-electron chi connectivity index (χ4n) is 2.81. The number of hydrogen-bond donors (Lipinski definition) is 0. The van der Waals surface area contributed by atoms with Gasteiger partial charge in [0.05, 0.1) is 0 Å². The van der Waals surface area contributed by atoms with Gasteiger partial charge in [-0.3, -0.25) is 0 Å². The molecule has 0 spiro atoms. The largest absolute Gasteiger partial charge is 0.0996 e. The quantitative estimate of drug-likeness (QED) is 0.618. The first kappa shape index (κ1) is 11.4. The Labute approximate surface area is 99.4 Å². The third-order valence-electron chi connectivity index (χ3n) is 3.99. The van der Waals surface area contributed by atoms with Gasteiger partial charge < -0.3 is 0 Å². The van der Waals surface area contributed by atoms with Crippen LogP contribution in [-0.4, -0.2) is 0 Å². The van der Waals surface area contributed by atoms with Crippen molar-refractivity contribution in [1.29, 1.82) is 0 Å². The van der Waals surface area contributed by atoms with Crippen molar-refractivity contribution in [1.82, 2.24) is 0 Å². The lowest BCUT2D eigenvalue weighted by Gasteiger charge is -2.30. The number of hydrogen-bond acceptors (Lipinski definition) is 0. The monoisotopic (exact) mass is 214 g/mol. The minimum atomic E-state index is 0.633. The van der Waals surface area contributed by atoms with Gasteiger partial charge in [0.2, 0.25) is 0 Å². The molecule has 0 radical (unpaired) electrons. The van der Waals surface area contributed by atoms with E-state index in [9.17, 15) is 0 Å². The average Bonchev–Trinajstić information content (AvgIpc) is 2.30. The normalized spacial score (nSPS) is 23.1. The molecule has 1 aliphatic carbocycles. The number of allylic oxidation sites excluding steroid dienone is 1. The van der Waals surface area contributed by atoms with E-state index in [2.05, 4.69) is 44.7 Å². The van der Waals surface area contributed by atoms with E-state index in [-0.39, 0.29) is 0 Å². The smallest absolute Gasteiger partial charge is 0.0125 e. The Morgan fingerprint density at radius 3 is 2.50 bits per heavy atom. The first-order chi connectivity index (χ1) is 7.68. The van der Waals surface area contributed by atoms with Crippen LogP contribution in [0.1, 0.15) is 49.7 Å². The van der Waals surface area contributed by atoms with E-state index < -0.39 is 0 Å². The van der Waals surface area contributed by atoms with Crippen LogP contribution in [0.2, 0.25) is 0 Å². The van der Waals surface area contributed by atoms with Crippen LogP contribution in [0.5, 0.6) is 0 Å². The summed E-state index contributed by atoms with van der Waals surface area (Å²) >= 11 is 0. The highest BCUT2D eigenvalue weighted by Crippen LogP contribution is 2.38. The van der Waals surface area contributed by atoms with Crippen molar-refractivity contribution in [3.63, 3.8) is 0 Å². The lowest BCUT2D eigenvalue weighted by molar-refractivity contribution is 0.403. The Bertz CT molecular complexity index is 358. The molecule has 86 valence electrons. The summed E-state index contributed by atoms with van der Waals surface area (Å²) in [5, 5.41) is 0. The maximum Gasteiger partial charge on any atom is -0.0125 e. The standard InChI is InChI=1S/C16H22/c1-12-8-10-15(11-9-12)14(3)16-7-5-4-6-13(16)2/h8-11,14,16H,2,4-7H2,1,3H3. The molecule has 2 atom stereocenters. The second-order valence-corrected chi connectivity index (χ2v) is 5.21. The molecule has 1 aromatic carbocycles. The highest BCUT2D eigenvalue weighted by Gasteiger charge is 2.23. The topological polar surface area (TPSA) is 0 Å². The van der Waals surface area contributed by atoms with Crippen LogP contribution in [0.3, 0.4) is 0 Å². The van der Waals surface area contributed by atoms with Crippen LogP contribution in [0.4, 0.5) is 0 Å². The van der Waals surface area contributed by atoms with Gasteiger partial charge in [0.15, 0.2) is 0 Å². The molecule has 0 aliphatic heterocycles. The summed E-state index contributed by atoms with van der Waals surface area (Å²) in [5.74, 6) is 1.34. The molecule has 0 N–H and O–H groups in total. The maximum absolute atomic E-state index is 4.26. The molecule has 2 unspecified atom stereocenters. The maximum atomic E-state index is 4.26. The van der Waals surface area contributed by atoms with E-state index in [1.807, 2.05) is 0 Å². The summed E-state index contributed by atoms with van der Waals surface area (Å²) in [4.78, 5) is 0. The Morgan fingerprint density at radius 1 is 1.19 bits per heavy atom. The van der Waals surface area contributed by atoms with Crippen molar-refractivity contribution in [3.8, 4) is 0 Å². The van der Waals surface area contributed by atoms with Crippen molar-refractivity contribution < 1.29 is 0 Å². The van der Waals surface area contributed by atoms with Gasteiger partial charge >= 0.3 is 0 Å². The van der Waals surface area contributed by atoms with E-state index in [1.165, 1.54) is 42.4 Å². The zero-order chi connectivity index (χ0) is 11.5. The molecule has 0 saturated heterocycles. The van der Waals surface area contributed by atoms with Crippen molar-refractivity contribution in [2.75, 3.05) is 0 Å². The molecule has 1 fully saturated rings. The summed E-state index contributed by atoms with van der Waals surface area (Å²) < 4.78 is 0. The predicted octanol–water partition coefficient (Wildman–Crippen LogP) is 4.84. The zero-order valence-corrected chi connectivity index (χ0v) is 10.5. The Kier molecular flexibility index (Phi) is 3.48. The predicted molar refractivity (Wildman–Crippen MR) is 70.7 cm³/mol. The Balaban J connectivity index is 2.14. The summed E-state index contributed by atoms with van der Waals surface area (Å²) in [6.07, 6.45) is 5.28. The van der Waals surface area contributed by atoms with Gasteiger partial charge in [-0.05, 0) is 43.6 Å². The molecule has 2 rings (SSSR count). The highest BCUT2D eigenvalue weighted by molar-refractivity contribution is 5.26. The summed E-state index contributed by atoms with van der Waals surface area (Å²) in [7, 11) is 0. The van der Waals surface area contributed by atoms with Crippen molar-refractivity contribution in [2.24, 2.45) is 5.92 Å². The van der Waals surface area contributed by atoms with E-state index in [0.29, 0.717) is 11.8 Å². The molecular formula is C16H22. The zero-order valence-electron chi connectivity index (χ0n) is 10.5. The second-order valence-electron chi connectivity index (χ2n) is 5.21. The van der Waals surface area contributed by atoms with Gasteiger partial charge in [0.25, 0.3) is 0 Å². The van der Waals surface area contributed by atoms with Crippen LogP contribution in [-0.2, 0) is 0 Å². The van der Waals surface area contributed by atoms with Gasteiger partial charge in [-0.25, -0.2) is 0 Å². The van der Waals surface area contributed by atoms with Gasteiger partial charge in [-0.1, -0.05) is 55.3 Å². The van der Waals surface area contributed by atoms with Crippen molar-refractivity contribution in [3.05, 3.63) is 47.5 Å². The third kappa shape index (κ3) is 2.37. The van der Waals surface area contributed by atoms with Crippen LogP contribution in [0.15, 0.2) is 36.4 Å². The number of aryl methyl sites for hydroxylation is 1. The van der Waals surface area contributed by atoms with Crippen molar-refractivity contribution >= 4 is 0 Å². The molecule has 0 bridgehead atoms. The lowest BCUT2D eigenvalue weighted by atomic mass is 9.75. The fourth-order valence-corrected chi connectivity index (χ4v) is 2.81. The average molecular weight is 214 g/mol. The SMILES string of the molecule is C=C1CCCCC1C(C)c1ccc(C)cc1. The molecule has 0 amide bonds. The Morgan fingerprint density at radius 2 is 1.88 bits per heavy atom. The van der Waals surface area contributed by atoms with E-state index in [0.717, 1.165) is 0 Å². The minimum Gasteiger partial charge on any atom is -0.0996 e. The lowest BCUT2D eigenvalue weighted by Crippen LogP contribution is -2.16. The fraction of sp³-hybridized carbons (Fsp3) is 0.500. The third-order valence-corrected chi connectivity index (χ3v) is 3.99. The van der Waals surface area contributed by atoms with E-state index >= 15 is 0 Å². The van der Waals surface area contributed by atoms with Gasteiger partial charge in [-0.15, -0.1) is 0 Å². The highest BCUT2D eigenvalue weighted by atomic mass is 14.3. The molecule has 0 aromatic heterocycles. The molecule has 1 aliphatic rings. The molecule has 1 aromatic rings. The van der Waals surface area contributed by atoms with E-state index in [1.54, 1.807) is 0 Å². The minimum absolute atomic E-state index is 0.633. The van der Waals surface area contributed by atoms with Crippen molar-refractivity contribution in [2.45, 2.75) is 45.4 Å². The molecule has 0 nitrogen and oxygen atoms in total. The van der Waals surface area contributed by atoms with Gasteiger partial charge in [-0.2, -0.15) is 0 Å². The first-order valence-electron chi connectivity index (χ1n) is 6.42. The number of rotatable bonds is 2. The second kappa shape index (κ2) is 4.86. The Hall–Kier alpha value is -1.04. The van der Waals surface area contributed by atoms with Crippen LogP contribution in [0.25, 0.3) is 0 Å². The molecule has 1 saturated carbocycles. The van der Waals surface area contributed by atoms with Gasteiger partial charge in [0.1, 0.15) is 0 Å². The summed E-state index contributed by atoms with van der Waals surface area (Å²) in [6, 6.07) is 9.00. The molecular weight excluding hydrogens is 192 g/mol. The molecule has 0 heterocycles. The van der Waals surface area contributed by atoms with Crippen LogP contribution >= 0.6 is 0 Å². The van der Waals surface area contributed by atoms with Gasteiger partial charge in [0, 0.05) is 0 Å². The molecule has 0 heteroatoms. The molecule has 16 heavy (non-hydrogen) atoms. The summed E-state index contributed by atoms with van der Waals surface area (Å²) in [5.41, 5.74) is 4.29. The van der Waals surface area contributed by atoms with Crippen LogP contribution < -0.4 is 0 Å². The first-order valence-corrected chi connectivity index (χ1v) is 6.42. The number of benzene rings is 1. The summed E-state index contributed by atoms with van der Waals surface area (Å²) in [6.45, 7) is 8.76. The van der Waals surface area contributed by atoms with E-state index in [4.69, 9.17) is 0 Å².